The van der Waals surface area contributed by atoms with Crippen molar-refractivity contribution < 1.29 is 14.3 Å². The van der Waals surface area contributed by atoms with Crippen molar-refractivity contribution in [3.8, 4) is 0 Å². The Morgan fingerprint density at radius 3 is 2.68 bits per heavy atom. The summed E-state index contributed by atoms with van der Waals surface area (Å²) >= 11 is 0. The van der Waals surface area contributed by atoms with Crippen molar-refractivity contribution in [2.24, 2.45) is 11.7 Å². The van der Waals surface area contributed by atoms with Gasteiger partial charge in [-0.25, -0.2) is 9.78 Å². The van der Waals surface area contributed by atoms with E-state index in [1.54, 1.807) is 0 Å². The second kappa shape index (κ2) is 6.38. The summed E-state index contributed by atoms with van der Waals surface area (Å²) in [7, 11) is 1.87. The molecule has 2 heterocycles. The first-order valence-corrected chi connectivity index (χ1v) is 8.41. The standard InChI is InChI=1S/C16H24N6O3/c1-7(2)12-14(23)20-11-8(3)18-16(21-13(11)22(12)4)19-9-5-10(6-9)25-15(17)24/h7,9-10,12H,5-6H2,1-4H3,(H2,17,24)(H,20,23)(H,18,19,21)/t9-,10-,12-/m0/s1. The van der Waals surface area contributed by atoms with Gasteiger partial charge in [-0.15, -0.1) is 0 Å². The number of anilines is 3. The molecule has 0 aromatic carbocycles. The number of carbonyl (C=O) groups excluding carboxylic acids is 2. The Labute approximate surface area is 146 Å². The number of fused-ring (bicyclic) bond motifs is 1. The van der Waals surface area contributed by atoms with E-state index in [1.165, 1.54) is 0 Å². The number of hydrogen-bond acceptors (Lipinski definition) is 7. The normalized spacial score (nSPS) is 25.1. The highest BCUT2D eigenvalue weighted by Crippen LogP contribution is 2.35. The minimum Gasteiger partial charge on any atom is -0.446 e. The largest absolute Gasteiger partial charge is 0.446 e. The third kappa shape index (κ3) is 3.31. The Morgan fingerprint density at radius 1 is 1.40 bits per heavy atom. The lowest BCUT2D eigenvalue weighted by atomic mass is 9.89. The van der Waals surface area contributed by atoms with Gasteiger partial charge < -0.3 is 26.0 Å². The number of ether oxygens (including phenoxy) is 1. The van der Waals surface area contributed by atoms with Crippen LogP contribution in [0.15, 0.2) is 0 Å². The number of nitrogens with zero attached hydrogens (tertiary/aromatic N) is 3. The summed E-state index contributed by atoms with van der Waals surface area (Å²) in [4.78, 5) is 34.0. The summed E-state index contributed by atoms with van der Waals surface area (Å²) in [5.74, 6) is 1.33. The second-order valence-electron chi connectivity index (χ2n) is 6.99. The molecule has 0 bridgehead atoms. The third-order valence-electron chi connectivity index (χ3n) is 4.68. The first kappa shape index (κ1) is 17.2. The summed E-state index contributed by atoms with van der Waals surface area (Å²) in [5.41, 5.74) is 6.37. The van der Waals surface area contributed by atoms with Crippen LogP contribution in [0.25, 0.3) is 0 Å². The van der Waals surface area contributed by atoms with E-state index in [0.29, 0.717) is 36.0 Å². The molecule has 9 nitrogen and oxygen atoms in total. The van der Waals surface area contributed by atoms with Gasteiger partial charge in [0.05, 0.1) is 5.69 Å². The smallest absolute Gasteiger partial charge is 0.404 e. The van der Waals surface area contributed by atoms with E-state index in [-0.39, 0.29) is 30.0 Å². The molecular weight excluding hydrogens is 324 g/mol. The van der Waals surface area contributed by atoms with Gasteiger partial charge in [0, 0.05) is 25.9 Å². The van der Waals surface area contributed by atoms with E-state index >= 15 is 0 Å². The van der Waals surface area contributed by atoms with E-state index < -0.39 is 6.09 Å². The monoisotopic (exact) mass is 348 g/mol. The number of likely N-dealkylation sites (N-methyl/N-ethyl adjacent to an activating group) is 1. The first-order chi connectivity index (χ1) is 11.8. The molecule has 1 saturated carbocycles. The molecule has 136 valence electrons. The number of rotatable bonds is 4. The molecule has 2 aliphatic rings. The predicted octanol–water partition coefficient (Wildman–Crippen LogP) is 1.24. The van der Waals surface area contributed by atoms with Gasteiger partial charge >= 0.3 is 6.09 Å². The highest BCUT2D eigenvalue weighted by molar-refractivity contribution is 6.03. The van der Waals surface area contributed by atoms with Crippen molar-refractivity contribution in [3.63, 3.8) is 0 Å². The summed E-state index contributed by atoms with van der Waals surface area (Å²) < 4.78 is 4.94. The van der Waals surface area contributed by atoms with Crippen LogP contribution in [-0.4, -0.2) is 47.2 Å². The fourth-order valence-corrected chi connectivity index (χ4v) is 3.41. The van der Waals surface area contributed by atoms with Crippen LogP contribution in [0.4, 0.5) is 22.2 Å². The highest BCUT2D eigenvalue weighted by Gasteiger charge is 2.36. The lowest BCUT2D eigenvalue weighted by Gasteiger charge is -2.38. The van der Waals surface area contributed by atoms with Gasteiger partial charge in [0.15, 0.2) is 5.82 Å². The average molecular weight is 348 g/mol. The van der Waals surface area contributed by atoms with Gasteiger partial charge in [-0.2, -0.15) is 4.98 Å². The molecule has 0 spiro atoms. The third-order valence-corrected chi connectivity index (χ3v) is 4.68. The van der Waals surface area contributed by atoms with Gasteiger partial charge in [-0.3, -0.25) is 4.79 Å². The van der Waals surface area contributed by atoms with Crippen molar-refractivity contribution in [1.82, 2.24) is 9.97 Å². The van der Waals surface area contributed by atoms with Crippen LogP contribution in [0.3, 0.4) is 0 Å². The number of carbonyl (C=O) groups is 2. The molecular formula is C16H24N6O3. The summed E-state index contributed by atoms with van der Waals surface area (Å²) in [6.45, 7) is 5.85. The maximum Gasteiger partial charge on any atom is 0.404 e. The lowest BCUT2D eigenvalue weighted by Crippen LogP contribution is -2.50. The van der Waals surface area contributed by atoms with Crippen molar-refractivity contribution in [2.75, 3.05) is 22.6 Å². The molecule has 0 unspecified atom stereocenters. The lowest BCUT2D eigenvalue weighted by molar-refractivity contribution is -0.118. The minimum absolute atomic E-state index is 0.0390. The number of nitrogens with two attached hydrogens (primary N) is 1. The fraction of sp³-hybridized carbons (Fsp3) is 0.625. The molecule has 1 aromatic rings. The Hall–Kier alpha value is -2.58. The van der Waals surface area contributed by atoms with Crippen LogP contribution in [-0.2, 0) is 9.53 Å². The number of amides is 2. The molecule has 2 amide bonds. The quantitative estimate of drug-likeness (QED) is 0.748. The van der Waals surface area contributed by atoms with Crippen LogP contribution in [0.1, 0.15) is 32.4 Å². The Morgan fingerprint density at radius 2 is 2.08 bits per heavy atom. The summed E-state index contributed by atoms with van der Waals surface area (Å²) in [5, 5.41) is 6.18. The molecule has 1 aromatic heterocycles. The number of hydrogen-bond donors (Lipinski definition) is 3. The number of primary amides is 1. The van der Waals surface area contributed by atoms with Crippen LogP contribution in [0.5, 0.6) is 0 Å². The molecule has 4 N–H and O–H groups in total. The molecule has 25 heavy (non-hydrogen) atoms. The second-order valence-corrected chi connectivity index (χ2v) is 6.99. The van der Waals surface area contributed by atoms with E-state index in [2.05, 4.69) is 20.6 Å². The fourth-order valence-electron chi connectivity index (χ4n) is 3.41. The summed E-state index contributed by atoms with van der Waals surface area (Å²) in [6, 6.07) is -0.141. The Kier molecular flexibility index (Phi) is 4.40. The number of aromatic nitrogens is 2. The Bertz CT molecular complexity index is 701. The molecule has 0 radical (unpaired) electrons. The SMILES string of the molecule is Cc1nc(N[C@H]2C[C@H](OC(N)=O)C2)nc2c1NC(=O)[C@H](C(C)C)N2C. The van der Waals surface area contributed by atoms with Crippen LogP contribution < -0.4 is 21.3 Å². The van der Waals surface area contributed by atoms with E-state index in [1.807, 2.05) is 32.7 Å². The van der Waals surface area contributed by atoms with Crippen LogP contribution in [0.2, 0.25) is 0 Å². The van der Waals surface area contributed by atoms with Gasteiger partial charge in [0.2, 0.25) is 11.9 Å². The van der Waals surface area contributed by atoms with Crippen molar-refractivity contribution in [1.29, 1.82) is 0 Å². The van der Waals surface area contributed by atoms with E-state index in [0.717, 1.165) is 0 Å². The van der Waals surface area contributed by atoms with Gasteiger partial charge in [-0.1, -0.05) is 13.8 Å². The predicted molar refractivity (Wildman–Crippen MR) is 93.5 cm³/mol. The van der Waals surface area contributed by atoms with E-state index in [4.69, 9.17) is 10.5 Å². The average Bonchev–Trinajstić information content (AvgIpc) is 2.45. The minimum atomic E-state index is -0.749. The molecule has 0 saturated heterocycles. The van der Waals surface area contributed by atoms with Gasteiger partial charge in [-0.05, 0) is 12.8 Å². The van der Waals surface area contributed by atoms with Gasteiger partial charge in [0.25, 0.3) is 0 Å². The molecule has 1 aliphatic carbocycles. The van der Waals surface area contributed by atoms with Crippen molar-refractivity contribution >= 4 is 29.5 Å². The Balaban J connectivity index is 1.75. The van der Waals surface area contributed by atoms with Crippen molar-refractivity contribution in [3.05, 3.63) is 5.69 Å². The number of aryl methyl sites for hydroxylation is 1. The molecule has 3 rings (SSSR count). The topological polar surface area (TPSA) is 122 Å². The number of nitrogens with one attached hydrogen (secondary N) is 2. The van der Waals surface area contributed by atoms with Crippen LogP contribution >= 0.6 is 0 Å². The zero-order valence-corrected chi connectivity index (χ0v) is 14.9. The van der Waals surface area contributed by atoms with Gasteiger partial charge in [0.1, 0.15) is 17.8 Å². The maximum atomic E-state index is 12.3. The van der Waals surface area contributed by atoms with Crippen molar-refractivity contribution in [2.45, 2.75) is 51.8 Å². The van der Waals surface area contributed by atoms with Crippen LogP contribution in [0, 0.1) is 12.8 Å². The zero-order valence-electron chi connectivity index (χ0n) is 14.9. The summed E-state index contributed by atoms with van der Waals surface area (Å²) in [6.07, 6.45) is 0.440. The molecule has 1 atom stereocenters. The maximum absolute atomic E-state index is 12.3. The first-order valence-electron chi connectivity index (χ1n) is 8.41. The molecule has 1 aliphatic heterocycles. The molecule has 1 fully saturated rings. The van der Waals surface area contributed by atoms with E-state index in [9.17, 15) is 9.59 Å². The highest BCUT2D eigenvalue weighted by atomic mass is 16.6. The molecule has 9 heteroatoms. The zero-order chi connectivity index (χ0) is 18.3.